The number of methoxy groups -OCH3 is 2. The summed E-state index contributed by atoms with van der Waals surface area (Å²) < 4.78 is 10.6. The zero-order valence-electron chi connectivity index (χ0n) is 10.9. The van der Waals surface area contributed by atoms with Crippen LogP contribution in [0, 0.1) is 5.92 Å². The van der Waals surface area contributed by atoms with Gasteiger partial charge in [0.2, 0.25) is 0 Å². The maximum absolute atomic E-state index is 10.4. The third-order valence-corrected chi connectivity index (χ3v) is 3.46. The van der Waals surface area contributed by atoms with Crippen molar-refractivity contribution in [3.05, 3.63) is 0 Å². The van der Waals surface area contributed by atoms with Crippen molar-refractivity contribution in [2.45, 2.75) is 32.0 Å². The molecule has 0 aromatic heterocycles. The predicted molar refractivity (Wildman–Crippen MR) is 63.8 cm³/mol. The van der Waals surface area contributed by atoms with Crippen LogP contribution >= 0.6 is 0 Å². The van der Waals surface area contributed by atoms with Crippen LogP contribution in [0.2, 0.25) is 0 Å². The molecule has 1 rings (SSSR count). The Labute approximate surface area is 103 Å². The average molecular weight is 245 g/mol. The summed E-state index contributed by atoms with van der Waals surface area (Å²) in [5.41, 5.74) is 0. The van der Waals surface area contributed by atoms with Crippen LogP contribution < -0.4 is 0 Å². The van der Waals surface area contributed by atoms with Gasteiger partial charge in [-0.05, 0) is 25.3 Å². The van der Waals surface area contributed by atoms with Crippen molar-refractivity contribution >= 4 is 5.97 Å². The third-order valence-electron chi connectivity index (χ3n) is 3.46. The van der Waals surface area contributed by atoms with E-state index in [0.29, 0.717) is 5.92 Å². The minimum atomic E-state index is -0.710. The van der Waals surface area contributed by atoms with E-state index in [1.807, 2.05) is 0 Å². The Bertz CT molecular complexity index is 245. The molecule has 0 saturated carbocycles. The second-order valence-electron chi connectivity index (χ2n) is 4.86. The topological polar surface area (TPSA) is 59.0 Å². The van der Waals surface area contributed by atoms with Crippen LogP contribution in [0.25, 0.3) is 0 Å². The lowest BCUT2D eigenvalue weighted by molar-refractivity contribution is -0.275. The Balaban J connectivity index is 2.11. The standard InChI is InChI=1S/C12H23NO4/c1-10(4-5-11(14)15)6-7-13-8-12(9-13,16-2)17-3/h10H,4-9H2,1-3H3,(H,14,15). The van der Waals surface area contributed by atoms with Crippen molar-refractivity contribution in [3.8, 4) is 0 Å². The largest absolute Gasteiger partial charge is 0.481 e. The van der Waals surface area contributed by atoms with Crippen LogP contribution in [-0.2, 0) is 14.3 Å². The first-order valence-corrected chi connectivity index (χ1v) is 6.06. The summed E-state index contributed by atoms with van der Waals surface area (Å²) in [6.07, 6.45) is 2.04. The number of rotatable bonds is 8. The van der Waals surface area contributed by atoms with E-state index >= 15 is 0 Å². The number of aliphatic carboxylic acids is 1. The van der Waals surface area contributed by atoms with E-state index in [0.717, 1.165) is 32.5 Å². The molecule has 0 aromatic rings. The highest BCUT2D eigenvalue weighted by Gasteiger charge is 2.43. The summed E-state index contributed by atoms with van der Waals surface area (Å²) >= 11 is 0. The molecular formula is C12H23NO4. The molecule has 1 saturated heterocycles. The molecule has 0 bridgehead atoms. The number of ether oxygens (including phenoxy) is 2. The second-order valence-corrected chi connectivity index (χ2v) is 4.86. The number of carboxylic acid groups (broad SMARTS) is 1. The maximum Gasteiger partial charge on any atom is 0.303 e. The smallest absolute Gasteiger partial charge is 0.303 e. The molecule has 100 valence electrons. The molecule has 17 heavy (non-hydrogen) atoms. The molecule has 0 aromatic carbocycles. The second kappa shape index (κ2) is 6.33. The number of hydrogen-bond acceptors (Lipinski definition) is 4. The SMILES string of the molecule is COC1(OC)CN(CCC(C)CCC(=O)O)C1. The van der Waals surface area contributed by atoms with Crippen LogP contribution in [0.5, 0.6) is 0 Å². The molecule has 0 aliphatic carbocycles. The van der Waals surface area contributed by atoms with Crippen LogP contribution in [0.15, 0.2) is 0 Å². The first-order chi connectivity index (χ1) is 8.01. The minimum Gasteiger partial charge on any atom is -0.481 e. The normalized spacial score (nSPS) is 20.9. The fourth-order valence-corrected chi connectivity index (χ4v) is 2.05. The van der Waals surface area contributed by atoms with Crippen molar-refractivity contribution < 1.29 is 19.4 Å². The Hall–Kier alpha value is -0.650. The van der Waals surface area contributed by atoms with Crippen LogP contribution in [0.1, 0.15) is 26.2 Å². The fourth-order valence-electron chi connectivity index (χ4n) is 2.05. The molecule has 1 fully saturated rings. The van der Waals surface area contributed by atoms with Gasteiger partial charge in [0.15, 0.2) is 5.79 Å². The Morgan fingerprint density at radius 1 is 1.35 bits per heavy atom. The first kappa shape index (κ1) is 14.4. The number of carbonyl (C=O) groups is 1. The molecule has 5 heteroatoms. The summed E-state index contributed by atoms with van der Waals surface area (Å²) in [6.45, 7) is 4.68. The molecule has 0 radical (unpaired) electrons. The molecular weight excluding hydrogens is 222 g/mol. The van der Waals surface area contributed by atoms with Gasteiger partial charge in [-0.1, -0.05) is 6.92 Å². The molecule has 1 aliphatic rings. The van der Waals surface area contributed by atoms with Crippen molar-refractivity contribution in [2.24, 2.45) is 5.92 Å². The zero-order chi connectivity index (χ0) is 12.9. The van der Waals surface area contributed by atoms with Gasteiger partial charge in [-0.15, -0.1) is 0 Å². The van der Waals surface area contributed by atoms with E-state index in [9.17, 15) is 4.79 Å². The van der Waals surface area contributed by atoms with E-state index in [2.05, 4.69) is 11.8 Å². The molecule has 1 atom stereocenters. The minimum absolute atomic E-state index is 0.265. The van der Waals surface area contributed by atoms with E-state index in [1.165, 1.54) is 0 Å². The van der Waals surface area contributed by atoms with Gasteiger partial charge >= 0.3 is 5.97 Å². The molecule has 0 spiro atoms. The van der Waals surface area contributed by atoms with Gasteiger partial charge < -0.3 is 14.6 Å². The summed E-state index contributed by atoms with van der Waals surface area (Å²) in [7, 11) is 3.33. The summed E-state index contributed by atoms with van der Waals surface area (Å²) in [4.78, 5) is 12.7. The van der Waals surface area contributed by atoms with Gasteiger partial charge in [0.05, 0.1) is 13.1 Å². The zero-order valence-corrected chi connectivity index (χ0v) is 10.9. The molecule has 5 nitrogen and oxygen atoms in total. The third kappa shape index (κ3) is 4.26. The lowest BCUT2D eigenvalue weighted by Crippen LogP contribution is -2.63. The van der Waals surface area contributed by atoms with Crippen LogP contribution in [0.4, 0.5) is 0 Å². The van der Waals surface area contributed by atoms with Crippen molar-refractivity contribution in [1.29, 1.82) is 0 Å². The Morgan fingerprint density at radius 2 is 1.94 bits per heavy atom. The van der Waals surface area contributed by atoms with Gasteiger partial charge in [0.25, 0.3) is 0 Å². The fraction of sp³-hybridized carbons (Fsp3) is 0.917. The predicted octanol–water partition coefficient (Wildman–Crippen LogP) is 1.18. The highest BCUT2D eigenvalue weighted by Crippen LogP contribution is 2.26. The highest BCUT2D eigenvalue weighted by molar-refractivity contribution is 5.66. The van der Waals surface area contributed by atoms with E-state index in [4.69, 9.17) is 14.6 Å². The molecule has 1 heterocycles. The number of hydrogen-bond donors (Lipinski definition) is 1. The quantitative estimate of drug-likeness (QED) is 0.651. The molecule has 1 N–H and O–H groups in total. The van der Waals surface area contributed by atoms with Crippen LogP contribution in [0.3, 0.4) is 0 Å². The average Bonchev–Trinajstić information content (AvgIpc) is 2.25. The summed E-state index contributed by atoms with van der Waals surface area (Å²) in [6, 6.07) is 0. The molecule has 0 amide bonds. The van der Waals surface area contributed by atoms with Crippen molar-refractivity contribution in [3.63, 3.8) is 0 Å². The van der Waals surface area contributed by atoms with Gasteiger partial charge in [-0.25, -0.2) is 0 Å². The number of nitrogens with zero attached hydrogens (tertiary/aromatic N) is 1. The lowest BCUT2D eigenvalue weighted by Gasteiger charge is -2.47. The van der Waals surface area contributed by atoms with Gasteiger partial charge in [0.1, 0.15) is 0 Å². The molecule has 1 aliphatic heterocycles. The molecule has 1 unspecified atom stereocenters. The van der Waals surface area contributed by atoms with E-state index in [1.54, 1.807) is 14.2 Å². The Kier molecular flexibility index (Phi) is 5.36. The van der Waals surface area contributed by atoms with Crippen molar-refractivity contribution in [2.75, 3.05) is 33.9 Å². The highest BCUT2D eigenvalue weighted by atomic mass is 16.7. The summed E-state index contributed by atoms with van der Waals surface area (Å²) in [5.74, 6) is -0.672. The van der Waals surface area contributed by atoms with Gasteiger partial charge in [-0.3, -0.25) is 9.69 Å². The first-order valence-electron chi connectivity index (χ1n) is 6.06. The summed E-state index contributed by atoms with van der Waals surface area (Å²) in [5, 5.41) is 8.59. The van der Waals surface area contributed by atoms with Gasteiger partial charge in [0, 0.05) is 20.6 Å². The Morgan fingerprint density at radius 3 is 2.41 bits per heavy atom. The lowest BCUT2D eigenvalue weighted by atomic mass is 9.99. The monoisotopic (exact) mass is 245 g/mol. The maximum atomic E-state index is 10.4. The van der Waals surface area contributed by atoms with E-state index in [-0.39, 0.29) is 6.42 Å². The van der Waals surface area contributed by atoms with Gasteiger partial charge in [-0.2, -0.15) is 0 Å². The number of carboxylic acids is 1. The van der Waals surface area contributed by atoms with Crippen LogP contribution in [-0.4, -0.2) is 55.6 Å². The van der Waals surface area contributed by atoms with Crippen molar-refractivity contribution in [1.82, 2.24) is 4.90 Å². The number of likely N-dealkylation sites (tertiary alicyclic amines) is 1. The van der Waals surface area contributed by atoms with E-state index < -0.39 is 11.8 Å².